The number of primary amides is 1. The summed E-state index contributed by atoms with van der Waals surface area (Å²) in [6, 6.07) is 0.366. The topological polar surface area (TPSA) is 60.9 Å². The first-order chi connectivity index (χ1) is 5.65. The molecule has 0 aromatic carbocycles. The number of hydrogen-bond acceptors (Lipinski definition) is 2. The Hall–Kier alpha value is -1.32. The molecule has 4 heteroatoms. The van der Waals surface area contributed by atoms with E-state index in [4.69, 9.17) is 5.73 Å². The van der Waals surface area contributed by atoms with Crippen LogP contribution in [0, 0.1) is 0 Å². The third kappa shape index (κ3) is 1.64. The number of amides is 1. The molecule has 0 aliphatic rings. The fourth-order valence-electron chi connectivity index (χ4n) is 0.916. The number of nitrogens with two attached hydrogens (primary N) is 1. The molecule has 0 fully saturated rings. The van der Waals surface area contributed by atoms with Gasteiger partial charge in [-0.2, -0.15) is 0 Å². The summed E-state index contributed by atoms with van der Waals surface area (Å²) in [5.41, 5.74) is 5.38. The van der Waals surface area contributed by atoms with Crippen molar-refractivity contribution in [2.75, 3.05) is 0 Å². The average Bonchev–Trinajstić information content (AvgIpc) is 2.51. The van der Waals surface area contributed by atoms with E-state index in [2.05, 4.69) is 18.8 Å². The monoisotopic (exact) mass is 167 g/mol. The van der Waals surface area contributed by atoms with Crippen molar-refractivity contribution in [3.63, 3.8) is 0 Å². The quantitative estimate of drug-likeness (QED) is 0.728. The van der Waals surface area contributed by atoms with E-state index in [9.17, 15) is 4.79 Å². The Morgan fingerprint density at radius 3 is 2.92 bits per heavy atom. The smallest absolute Gasteiger partial charge is 0.268 e. The van der Waals surface area contributed by atoms with Gasteiger partial charge in [-0.3, -0.25) is 4.79 Å². The fraction of sp³-hybridized carbons (Fsp3) is 0.500. The minimum Gasteiger partial charge on any atom is -0.364 e. The molecule has 1 atom stereocenters. The van der Waals surface area contributed by atoms with E-state index in [1.54, 1.807) is 12.5 Å². The maximum Gasteiger partial charge on any atom is 0.268 e. The van der Waals surface area contributed by atoms with Crippen molar-refractivity contribution in [3.05, 3.63) is 18.2 Å². The summed E-state index contributed by atoms with van der Waals surface area (Å²) in [5.74, 6) is -0.475. The molecule has 0 aliphatic heterocycles. The van der Waals surface area contributed by atoms with Crippen LogP contribution in [0.4, 0.5) is 0 Å². The maximum absolute atomic E-state index is 10.7. The van der Waals surface area contributed by atoms with Gasteiger partial charge in [0.25, 0.3) is 5.91 Å². The lowest BCUT2D eigenvalue weighted by atomic mass is 10.2. The van der Waals surface area contributed by atoms with Crippen molar-refractivity contribution in [2.24, 2.45) is 5.73 Å². The van der Waals surface area contributed by atoms with Crippen molar-refractivity contribution in [3.8, 4) is 0 Å². The molecular formula is C8H13N3O. The minimum atomic E-state index is -0.475. The van der Waals surface area contributed by atoms with Crippen LogP contribution in [0.2, 0.25) is 0 Å². The molecule has 0 saturated heterocycles. The summed E-state index contributed by atoms with van der Waals surface area (Å²) < 4.78 is 1.89. The molecule has 0 spiro atoms. The first kappa shape index (κ1) is 8.77. The van der Waals surface area contributed by atoms with Crippen molar-refractivity contribution in [2.45, 2.75) is 26.3 Å². The molecule has 66 valence electrons. The third-order valence-electron chi connectivity index (χ3n) is 1.95. The third-order valence-corrected chi connectivity index (χ3v) is 1.95. The average molecular weight is 167 g/mol. The fourth-order valence-corrected chi connectivity index (χ4v) is 0.916. The van der Waals surface area contributed by atoms with Gasteiger partial charge in [0.05, 0.1) is 6.33 Å². The molecule has 1 heterocycles. The van der Waals surface area contributed by atoms with Gasteiger partial charge in [-0.25, -0.2) is 4.98 Å². The van der Waals surface area contributed by atoms with Crippen LogP contribution in [0.25, 0.3) is 0 Å². The van der Waals surface area contributed by atoms with Gasteiger partial charge in [-0.15, -0.1) is 0 Å². The van der Waals surface area contributed by atoms with Crippen molar-refractivity contribution >= 4 is 5.91 Å². The van der Waals surface area contributed by atoms with Crippen molar-refractivity contribution in [1.29, 1.82) is 0 Å². The van der Waals surface area contributed by atoms with E-state index in [0.717, 1.165) is 6.42 Å². The molecule has 0 saturated carbocycles. The summed E-state index contributed by atoms with van der Waals surface area (Å²) in [7, 11) is 0. The first-order valence-corrected chi connectivity index (χ1v) is 3.98. The van der Waals surface area contributed by atoms with Crippen LogP contribution < -0.4 is 5.73 Å². The van der Waals surface area contributed by atoms with E-state index in [1.807, 2.05) is 4.57 Å². The highest BCUT2D eigenvalue weighted by atomic mass is 16.1. The largest absolute Gasteiger partial charge is 0.364 e. The molecule has 0 bridgehead atoms. The molecule has 0 radical (unpaired) electrons. The number of aromatic nitrogens is 2. The lowest BCUT2D eigenvalue weighted by molar-refractivity contribution is 0.0996. The van der Waals surface area contributed by atoms with Crippen LogP contribution in [0.3, 0.4) is 0 Å². The van der Waals surface area contributed by atoms with Crippen LogP contribution in [-0.4, -0.2) is 15.5 Å². The van der Waals surface area contributed by atoms with Crippen molar-refractivity contribution < 1.29 is 4.79 Å². The Bertz CT molecular complexity index is 280. The lowest BCUT2D eigenvalue weighted by Crippen LogP contribution is -2.11. The molecule has 12 heavy (non-hydrogen) atoms. The van der Waals surface area contributed by atoms with Crippen LogP contribution in [0.1, 0.15) is 36.8 Å². The van der Waals surface area contributed by atoms with E-state index in [-0.39, 0.29) is 0 Å². The second kappa shape index (κ2) is 3.38. The minimum absolute atomic E-state index is 0.329. The van der Waals surface area contributed by atoms with Gasteiger partial charge in [0.2, 0.25) is 0 Å². The van der Waals surface area contributed by atoms with Gasteiger partial charge in [0.1, 0.15) is 5.69 Å². The molecule has 1 aromatic heterocycles. The predicted octanol–water partition coefficient (Wildman–Crippen LogP) is 0.953. The summed E-state index contributed by atoms with van der Waals surface area (Å²) in [5, 5.41) is 0. The number of imidazole rings is 1. The second-order valence-corrected chi connectivity index (χ2v) is 2.83. The van der Waals surface area contributed by atoms with Gasteiger partial charge in [0, 0.05) is 12.2 Å². The highest BCUT2D eigenvalue weighted by Crippen LogP contribution is 2.09. The molecule has 4 nitrogen and oxygen atoms in total. The molecule has 1 rings (SSSR count). The summed E-state index contributed by atoms with van der Waals surface area (Å²) >= 11 is 0. The van der Waals surface area contributed by atoms with Crippen LogP contribution in [0.15, 0.2) is 12.5 Å². The van der Waals surface area contributed by atoms with Gasteiger partial charge < -0.3 is 10.3 Å². The summed E-state index contributed by atoms with van der Waals surface area (Å²) in [4.78, 5) is 14.5. The molecular weight excluding hydrogens is 154 g/mol. The highest BCUT2D eigenvalue weighted by Gasteiger charge is 2.06. The van der Waals surface area contributed by atoms with Gasteiger partial charge in [-0.05, 0) is 13.3 Å². The van der Waals surface area contributed by atoms with Gasteiger partial charge >= 0.3 is 0 Å². The predicted molar refractivity (Wildman–Crippen MR) is 45.7 cm³/mol. The zero-order valence-electron chi connectivity index (χ0n) is 7.32. The number of nitrogens with zero attached hydrogens (tertiary/aromatic N) is 2. The molecule has 1 amide bonds. The highest BCUT2D eigenvalue weighted by molar-refractivity contribution is 5.90. The van der Waals surface area contributed by atoms with Crippen LogP contribution in [0.5, 0.6) is 0 Å². The van der Waals surface area contributed by atoms with E-state index in [1.165, 1.54) is 0 Å². The Labute approximate surface area is 71.4 Å². The SMILES string of the molecule is CCC(C)n1cnc(C(N)=O)c1. The summed E-state index contributed by atoms with van der Waals surface area (Å²) in [6.07, 6.45) is 4.32. The Morgan fingerprint density at radius 2 is 2.50 bits per heavy atom. The standard InChI is InChI=1S/C8H13N3O/c1-3-6(2)11-4-7(8(9)12)10-5-11/h4-6H,3H2,1-2H3,(H2,9,12). The van der Waals surface area contributed by atoms with Gasteiger partial charge in [0.15, 0.2) is 0 Å². The summed E-state index contributed by atoms with van der Waals surface area (Å²) in [6.45, 7) is 4.14. The van der Waals surface area contributed by atoms with Crippen LogP contribution >= 0.6 is 0 Å². The Morgan fingerprint density at radius 1 is 1.83 bits per heavy atom. The Balaban J connectivity index is 2.84. The van der Waals surface area contributed by atoms with E-state index >= 15 is 0 Å². The number of carbonyl (C=O) groups is 1. The number of hydrogen-bond donors (Lipinski definition) is 1. The second-order valence-electron chi connectivity index (χ2n) is 2.83. The molecule has 2 N–H and O–H groups in total. The molecule has 0 aliphatic carbocycles. The molecule has 1 unspecified atom stereocenters. The molecule has 1 aromatic rings. The van der Waals surface area contributed by atoms with E-state index in [0.29, 0.717) is 11.7 Å². The number of rotatable bonds is 3. The maximum atomic E-state index is 10.7. The zero-order chi connectivity index (χ0) is 9.14. The lowest BCUT2D eigenvalue weighted by Gasteiger charge is -2.08. The zero-order valence-corrected chi connectivity index (χ0v) is 7.32. The van der Waals surface area contributed by atoms with Crippen molar-refractivity contribution in [1.82, 2.24) is 9.55 Å². The van der Waals surface area contributed by atoms with Gasteiger partial charge in [-0.1, -0.05) is 6.92 Å². The van der Waals surface area contributed by atoms with Crippen LogP contribution in [-0.2, 0) is 0 Å². The Kier molecular flexibility index (Phi) is 2.47. The first-order valence-electron chi connectivity index (χ1n) is 3.98. The normalized spacial score (nSPS) is 12.8. The van der Waals surface area contributed by atoms with E-state index < -0.39 is 5.91 Å². The number of carbonyl (C=O) groups excluding carboxylic acids is 1.